The standard InChI is InChI=1S/C33H34ClF2N3O7S/c1-5-27(30(40)37-47(4,43)44)45-28-11-8-21(35)18-24(28)19-6-9-23(25(36)16-19)31(41)38-14-12-22(13-15-38)39-26-17-20(34)7-10-29(26)46-33(2,3)32(39)42/h6-11,16-18,22,27H,5,12-15H2,1-4H3,(H,37,40)/t27-/m1/s1. The number of fused-ring (bicyclic) bond motifs is 1. The van der Waals surface area contributed by atoms with E-state index in [-0.39, 0.29) is 53.9 Å². The van der Waals surface area contributed by atoms with Gasteiger partial charge in [0.2, 0.25) is 10.0 Å². The third-order valence-electron chi connectivity index (χ3n) is 8.07. The van der Waals surface area contributed by atoms with Crippen molar-refractivity contribution in [2.24, 2.45) is 0 Å². The fraction of sp³-hybridized carbons (Fsp3) is 0.364. The van der Waals surface area contributed by atoms with Gasteiger partial charge in [-0.2, -0.15) is 0 Å². The van der Waals surface area contributed by atoms with Crippen molar-refractivity contribution >= 4 is 45.0 Å². The average molecular weight is 690 g/mol. The molecule has 0 aromatic heterocycles. The summed E-state index contributed by atoms with van der Waals surface area (Å²) >= 11 is 6.23. The minimum atomic E-state index is -3.85. The summed E-state index contributed by atoms with van der Waals surface area (Å²) in [5.41, 5.74) is -0.434. The molecule has 1 fully saturated rings. The first kappa shape index (κ1) is 34.1. The van der Waals surface area contributed by atoms with Crippen molar-refractivity contribution in [3.8, 4) is 22.6 Å². The third-order valence-corrected chi connectivity index (χ3v) is 8.87. The lowest BCUT2D eigenvalue weighted by Crippen LogP contribution is -2.58. The Kier molecular flexibility index (Phi) is 9.52. The summed E-state index contributed by atoms with van der Waals surface area (Å²) in [6.07, 6.45) is 0.570. The highest BCUT2D eigenvalue weighted by Gasteiger charge is 2.44. The molecule has 14 heteroatoms. The highest BCUT2D eigenvalue weighted by atomic mass is 35.5. The van der Waals surface area contributed by atoms with E-state index < -0.39 is 45.2 Å². The number of nitrogens with one attached hydrogen (secondary N) is 1. The fourth-order valence-corrected chi connectivity index (χ4v) is 6.42. The van der Waals surface area contributed by atoms with Crippen LogP contribution in [0.1, 0.15) is 50.4 Å². The molecule has 250 valence electrons. The van der Waals surface area contributed by atoms with E-state index in [1.807, 2.05) is 4.72 Å². The summed E-state index contributed by atoms with van der Waals surface area (Å²) < 4.78 is 66.4. The monoisotopic (exact) mass is 689 g/mol. The Morgan fingerprint density at radius 1 is 1.09 bits per heavy atom. The van der Waals surface area contributed by atoms with Crippen LogP contribution in [0.4, 0.5) is 14.5 Å². The van der Waals surface area contributed by atoms with Crippen LogP contribution in [0.3, 0.4) is 0 Å². The third kappa shape index (κ3) is 7.36. The van der Waals surface area contributed by atoms with Gasteiger partial charge in [0.1, 0.15) is 23.1 Å². The predicted molar refractivity (Wildman–Crippen MR) is 172 cm³/mol. The molecule has 1 atom stereocenters. The van der Waals surface area contributed by atoms with Gasteiger partial charge < -0.3 is 19.3 Å². The van der Waals surface area contributed by atoms with Gasteiger partial charge in [-0.1, -0.05) is 24.6 Å². The van der Waals surface area contributed by atoms with Crippen LogP contribution in [0.5, 0.6) is 11.5 Å². The normalized spacial score (nSPS) is 17.0. The minimum absolute atomic E-state index is 0.0196. The molecule has 10 nitrogen and oxygen atoms in total. The smallest absolute Gasteiger partial charge is 0.274 e. The molecule has 0 saturated carbocycles. The van der Waals surface area contributed by atoms with Crippen LogP contribution in [0.25, 0.3) is 11.1 Å². The number of ether oxygens (including phenoxy) is 2. The average Bonchev–Trinajstić information content (AvgIpc) is 3.00. The Morgan fingerprint density at radius 3 is 2.43 bits per heavy atom. The Morgan fingerprint density at radius 2 is 1.79 bits per heavy atom. The number of rotatable bonds is 8. The van der Waals surface area contributed by atoms with Crippen molar-refractivity contribution in [3.63, 3.8) is 0 Å². The van der Waals surface area contributed by atoms with E-state index in [9.17, 15) is 27.2 Å². The maximum atomic E-state index is 15.5. The molecule has 2 heterocycles. The molecule has 47 heavy (non-hydrogen) atoms. The molecule has 1 N–H and O–H groups in total. The molecular weight excluding hydrogens is 656 g/mol. The van der Waals surface area contributed by atoms with Gasteiger partial charge in [0, 0.05) is 29.7 Å². The first-order valence-corrected chi connectivity index (χ1v) is 17.2. The Balaban J connectivity index is 1.32. The van der Waals surface area contributed by atoms with Crippen molar-refractivity contribution in [2.45, 2.75) is 57.8 Å². The van der Waals surface area contributed by atoms with Crippen LogP contribution in [-0.4, -0.2) is 68.1 Å². The summed E-state index contributed by atoms with van der Waals surface area (Å²) in [6, 6.07) is 12.1. The molecule has 0 aliphatic carbocycles. The lowest BCUT2D eigenvalue weighted by Gasteiger charge is -2.45. The second-order valence-corrected chi connectivity index (χ2v) is 14.2. The van der Waals surface area contributed by atoms with E-state index in [4.69, 9.17) is 21.1 Å². The largest absolute Gasteiger partial charge is 0.480 e. The van der Waals surface area contributed by atoms with E-state index in [1.165, 1.54) is 23.1 Å². The Hall–Kier alpha value is -4.23. The number of piperidine rings is 1. The molecule has 0 spiro atoms. The second-order valence-electron chi connectivity index (χ2n) is 12.0. The van der Waals surface area contributed by atoms with Gasteiger partial charge in [-0.25, -0.2) is 17.2 Å². The molecular formula is C33H34ClF2N3O7S. The van der Waals surface area contributed by atoms with Gasteiger partial charge in [-0.15, -0.1) is 0 Å². The fourth-order valence-electron chi connectivity index (χ4n) is 5.75. The first-order chi connectivity index (χ1) is 22.1. The predicted octanol–water partition coefficient (Wildman–Crippen LogP) is 5.33. The van der Waals surface area contributed by atoms with Crippen molar-refractivity contribution in [3.05, 3.63) is 76.8 Å². The first-order valence-electron chi connectivity index (χ1n) is 15.0. The Labute approximate surface area is 276 Å². The van der Waals surface area contributed by atoms with Crippen LogP contribution in [0.2, 0.25) is 5.02 Å². The van der Waals surface area contributed by atoms with Crippen LogP contribution in [0, 0.1) is 11.6 Å². The molecule has 0 bridgehead atoms. The molecule has 3 aromatic rings. The number of hydrogen-bond donors (Lipinski definition) is 1. The zero-order valence-corrected chi connectivity index (χ0v) is 27.8. The molecule has 3 aromatic carbocycles. The van der Waals surface area contributed by atoms with Crippen LogP contribution >= 0.6 is 11.6 Å². The van der Waals surface area contributed by atoms with E-state index in [0.29, 0.717) is 29.3 Å². The molecule has 2 aliphatic rings. The lowest BCUT2D eigenvalue weighted by molar-refractivity contribution is -0.133. The summed E-state index contributed by atoms with van der Waals surface area (Å²) in [5.74, 6) is -2.61. The van der Waals surface area contributed by atoms with Crippen molar-refractivity contribution < 1.29 is 41.1 Å². The minimum Gasteiger partial charge on any atom is -0.480 e. The number of nitrogens with zero attached hydrogens (tertiary/aromatic N) is 2. The number of amides is 3. The van der Waals surface area contributed by atoms with Crippen molar-refractivity contribution in [1.29, 1.82) is 0 Å². The van der Waals surface area contributed by atoms with Gasteiger partial charge in [0.05, 0.1) is 17.5 Å². The number of halogens is 3. The highest BCUT2D eigenvalue weighted by molar-refractivity contribution is 7.89. The molecule has 0 unspecified atom stereocenters. The molecule has 1 saturated heterocycles. The summed E-state index contributed by atoms with van der Waals surface area (Å²) in [5, 5.41) is 0.455. The summed E-state index contributed by atoms with van der Waals surface area (Å²) in [6.45, 7) is 5.53. The van der Waals surface area contributed by atoms with E-state index in [0.717, 1.165) is 24.5 Å². The number of carbonyl (C=O) groups is 3. The van der Waals surface area contributed by atoms with Gasteiger partial charge in [-0.05, 0) is 87.2 Å². The maximum Gasteiger partial charge on any atom is 0.274 e. The number of sulfonamides is 1. The van der Waals surface area contributed by atoms with Crippen LogP contribution in [-0.2, 0) is 19.6 Å². The van der Waals surface area contributed by atoms with E-state index in [1.54, 1.807) is 43.9 Å². The number of hydrogen-bond acceptors (Lipinski definition) is 7. The number of carbonyl (C=O) groups excluding carboxylic acids is 3. The quantitative estimate of drug-likeness (QED) is 0.340. The Bertz CT molecular complexity index is 1850. The van der Waals surface area contributed by atoms with Gasteiger partial charge >= 0.3 is 0 Å². The lowest BCUT2D eigenvalue weighted by atomic mass is 9.96. The van der Waals surface area contributed by atoms with E-state index in [2.05, 4.69) is 0 Å². The zero-order chi connectivity index (χ0) is 34.3. The SMILES string of the molecule is CC[C@@H](Oc1ccc(F)cc1-c1ccc(C(=O)N2CCC(N3C(=O)C(C)(C)Oc4ccc(Cl)cc43)CC2)c(F)c1)C(=O)NS(C)(=O)=O. The maximum absolute atomic E-state index is 15.5. The molecule has 2 aliphatic heterocycles. The topological polar surface area (TPSA) is 122 Å². The highest BCUT2D eigenvalue weighted by Crippen LogP contribution is 2.42. The van der Waals surface area contributed by atoms with Gasteiger partial charge in [0.15, 0.2) is 11.7 Å². The molecule has 0 radical (unpaired) electrons. The molecule has 3 amide bonds. The molecule has 5 rings (SSSR count). The van der Waals surface area contributed by atoms with Crippen molar-refractivity contribution in [1.82, 2.24) is 9.62 Å². The number of benzene rings is 3. The summed E-state index contributed by atoms with van der Waals surface area (Å²) in [7, 11) is -3.85. The van der Waals surface area contributed by atoms with Crippen molar-refractivity contribution in [2.75, 3.05) is 24.2 Å². The zero-order valence-electron chi connectivity index (χ0n) is 26.2. The summed E-state index contributed by atoms with van der Waals surface area (Å²) in [4.78, 5) is 42.5. The van der Waals surface area contributed by atoms with Gasteiger partial charge in [0.25, 0.3) is 17.7 Å². The second kappa shape index (κ2) is 13.1. The van der Waals surface area contributed by atoms with E-state index >= 15 is 4.39 Å². The number of anilines is 1. The number of likely N-dealkylation sites (tertiary alicyclic amines) is 1. The van der Waals surface area contributed by atoms with Gasteiger partial charge in [-0.3, -0.25) is 19.1 Å². The van der Waals surface area contributed by atoms with Crippen LogP contribution in [0.15, 0.2) is 54.6 Å². The van der Waals surface area contributed by atoms with Crippen LogP contribution < -0.4 is 19.1 Å².